The molecule has 3 rings (SSSR count). The van der Waals surface area contributed by atoms with Gasteiger partial charge >= 0.3 is 0 Å². The van der Waals surface area contributed by atoms with Crippen LogP contribution in [0.2, 0.25) is 0 Å². The average Bonchev–Trinajstić information content (AvgIpc) is 3.05. The van der Waals surface area contributed by atoms with E-state index in [0.717, 1.165) is 12.0 Å². The van der Waals surface area contributed by atoms with Crippen molar-refractivity contribution in [3.63, 3.8) is 0 Å². The topological polar surface area (TPSA) is 95.2 Å². The first-order valence-corrected chi connectivity index (χ1v) is 8.41. The highest BCUT2D eigenvalue weighted by atomic mass is 19.1. The molecule has 1 fully saturated rings. The number of aromatic amines is 1. The van der Waals surface area contributed by atoms with Gasteiger partial charge in [0.2, 0.25) is 5.91 Å². The molecule has 1 aromatic carbocycles. The molecule has 2 heterocycles. The minimum absolute atomic E-state index is 0.0304. The minimum atomic E-state index is -0.447. The van der Waals surface area contributed by atoms with Crippen molar-refractivity contribution in [3.05, 3.63) is 63.8 Å². The van der Waals surface area contributed by atoms with Gasteiger partial charge in [0.25, 0.3) is 11.5 Å². The van der Waals surface area contributed by atoms with Crippen molar-refractivity contribution in [1.82, 2.24) is 20.4 Å². The third-order valence-electron chi connectivity index (χ3n) is 4.32. The van der Waals surface area contributed by atoms with E-state index in [-0.39, 0.29) is 30.0 Å². The number of rotatable bonds is 6. The van der Waals surface area contributed by atoms with E-state index >= 15 is 0 Å². The number of benzene rings is 1. The van der Waals surface area contributed by atoms with Crippen LogP contribution in [0.25, 0.3) is 0 Å². The van der Waals surface area contributed by atoms with Crippen LogP contribution in [0.3, 0.4) is 0 Å². The number of nitrogens with zero attached hydrogens (tertiary/aromatic N) is 2. The highest BCUT2D eigenvalue weighted by Crippen LogP contribution is 2.17. The van der Waals surface area contributed by atoms with Crippen molar-refractivity contribution in [1.29, 1.82) is 0 Å². The lowest BCUT2D eigenvalue weighted by atomic mass is 10.0. The molecule has 0 aliphatic carbocycles. The minimum Gasteiger partial charge on any atom is -0.349 e. The summed E-state index contributed by atoms with van der Waals surface area (Å²) < 4.78 is 13.5. The molecule has 7 nitrogen and oxygen atoms in total. The predicted octanol–water partition coefficient (Wildman–Crippen LogP) is 0.872. The molecule has 2 N–H and O–H groups in total. The van der Waals surface area contributed by atoms with E-state index in [2.05, 4.69) is 15.5 Å². The zero-order valence-corrected chi connectivity index (χ0v) is 14.1. The Balaban J connectivity index is 1.70. The number of halogens is 1. The summed E-state index contributed by atoms with van der Waals surface area (Å²) in [4.78, 5) is 37.1. The molecule has 8 heteroatoms. The van der Waals surface area contributed by atoms with Crippen molar-refractivity contribution >= 4 is 11.8 Å². The fourth-order valence-corrected chi connectivity index (χ4v) is 3.06. The molecule has 2 aromatic rings. The fraction of sp³-hybridized carbons (Fsp3) is 0.333. The summed E-state index contributed by atoms with van der Waals surface area (Å²) in [6.07, 6.45) is 1.69. The van der Waals surface area contributed by atoms with Gasteiger partial charge in [-0.1, -0.05) is 12.1 Å². The molecule has 2 amide bonds. The number of hydrogen-bond acceptors (Lipinski definition) is 4. The molecule has 26 heavy (non-hydrogen) atoms. The van der Waals surface area contributed by atoms with E-state index in [1.807, 2.05) is 0 Å². The van der Waals surface area contributed by atoms with E-state index in [9.17, 15) is 18.8 Å². The lowest BCUT2D eigenvalue weighted by Gasteiger charge is -2.28. The highest BCUT2D eigenvalue weighted by molar-refractivity contribution is 5.92. The van der Waals surface area contributed by atoms with Crippen LogP contribution < -0.4 is 10.9 Å². The summed E-state index contributed by atoms with van der Waals surface area (Å²) >= 11 is 0. The van der Waals surface area contributed by atoms with Gasteiger partial charge in [0, 0.05) is 25.6 Å². The zero-order valence-electron chi connectivity index (χ0n) is 14.1. The van der Waals surface area contributed by atoms with Crippen molar-refractivity contribution in [2.24, 2.45) is 0 Å². The van der Waals surface area contributed by atoms with Crippen molar-refractivity contribution < 1.29 is 14.0 Å². The predicted molar refractivity (Wildman–Crippen MR) is 92.0 cm³/mol. The van der Waals surface area contributed by atoms with Crippen LogP contribution in [-0.2, 0) is 11.2 Å². The summed E-state index contributed by atoms with van der Waals surface area (Å²) in [5, 5.41) is 8.63. The summed E-state index contributed by atoms with van der Waals surface area (Å²) in [6, 6.07) is 8.48. The Kier molecular flexibility index (Phi) is 5.40. The maximum Gasteiger partial charge on any atom is 0.271 e. The molecule has 0 radical (unpaired) electrons. The Morgan fingerprint density at radius 3 is 2.81 bits per heavy atom. The SMILES string of the molecule is O=C(NC[C@@H](Cc1cccc(F)c1)N1CCCC1=O)c1ccc(=O)[nH]n1. The first-order chi connectivity index (χ1) is 12.5. The molecule has 1 saturated heterocycles. The summed E-state index contributed by atoms with van der Waals surface area (Å²) in [6.45, 7) is 0.827. The van der Waals surface area contributed by atoms with Crippen LogP contribution >= 0.6 is 0 Å². The van der Waals surface area contributed by atoms with Gasteiger partial charge in [-0.2, -0.15) is 5.10 Å². The van der Waals surface area contributed by atoms with Crippen LogP contribution in [0.4, 0.5) is 4.39 Å². The van der Waals surface area contributed by atoms with Gasteiger partial charge in [0.1, 0.15) is 11.5 Å². The molecular formula is C18H19FN4O3. The molecule has 1 aliphatic rings. The molecular weight excluding hydrogens is 339 g/mol. The molecule has 0 spiro atoms. The molecule has 1 atom stereocenters. The third kappa shape index (κ3) is 4.33. The highest BCUT2D eigenvalue weighted by Gasteiger charge is 2.28. The number of likely N-dealkylation sites (tertiary alicyclic amines) is 1. The van der Waals surface area contributed by atoms with E-state index < -0.39 is 11.5 Å². The van der Waals surface area contributed by atoms with Gasteiger partial charge in [-0.25, -0.2) is 9.49 Å². The summed E-state index contributed by atoms with van der Waals surface area (Å²) in [5.41, 5.74) is 0.446. The normalized spacial score (nSPS) is 15.1. The Morgan fingerprint density at radius 2 is 2.15 bits per heavy atom. The zero-order chi connectivity index (χ0) is 18.5. The van der Waals surface area contributed by atoms with Gasteiger partial charge < -0.3 is 10.2 Å². The molecule has 1 aliphatic heterocycles. The van der Waals surface area contributed by atoms with E-state index in [1.165, 1.54) is 24.3 Å². The van der Waals surface area contributed by atoms with Gasteiger partial charge in [0.15, 0.2) is 0 Å². The van der Waals surface area contributed by atoms with E-state index in [0.29, 0.717) is 19.4 Å². The number of amides is 2. The number of H-pyrrole nitrogens is 1. The maximum atomic E-state index is 13.5. The van der Waals surface area contributed by atoms with Crippen molar-refractivity contribution in [3.8, 4) is 0 Å². The Hall–Kier alpha value is -3.03. The van der Waals surface area contributed by atoms with Gasteiger partial charge in [0.05, 0.1) is 6.04 Å². The second-order valence-corrected chi connectivity index (χ2v) is 6.20. The largest absolute Gasteiger partial charge is 0.349 e. The fourth-order valence-electron chi connectivity index (χ4n) is 3.06. The quantitative estimate of drug-likeness (QED) is 0.801. The molecule has 1 aromatic heterocycles. The third-order valence-corrected chi connectivity index (χ3v) is 4.32. The lowest BCUT2D eigenvalue weighted by Crippen LogP contribution is -2.46. The summed E-state index contributed by atoms with van der Waals surface area (Å²) in [7, 11) is 0. The Morgan fingerprint density at radius 1 is 1.31 bits per heavy atom. The standard InChI is InChI=1S/C18H19FN4O3/c19-13-4-1-3-12(9-13)10-14(23-8-2-5-17(23)25)11-20-18(26)15-6-7-16(24)22-21-15/h1,3-4,6-7,9,14H,2,5,8,10-11H2,(H,20,26)(H,22,24)/t14-/m1/s1. The monoisotopic (exact) mass is 358 g/mol. The van der Waals surface area contributed by atoms with Gasteiger partial charge in [-0.15, -0.1) is 0 Å². The smallest absolute Gasteiger partial charge is 0.271 e. The number of nitrogens with one attached hydrogen (secondary N) is 2. The van der Waals surface area contributed by atoms with Crippen LogP contribution in [0.15, 0.2) is 41.2 Å². The average molecular weight is 358 g/mol. The molecule has 0 unspecified atom stereocenters. The number of carbonyl (C=O) groups excluding carboxylic acids is 2. The first kappa shape index (κ1) is 17.8. The molecule has 0 saturated carbocycles. The van der Waals surface area contributed by atoms with Crippen LogP contribution in [-0.4, -0.2) is 46.0 Å². The Bertz CT molecular complexity index is 847. The van der Waals surface area contributed by atoms with Crippen LogP contribution in [0.5, 0.6) is 0 Å². The summed E-state index contributed by atoms with van der Waals surface area (Å²) in [5.74, 6) is -0.754. The second kappa shape index (κ2) is 7.90. The lowest BCUT2D eigenvalue weighted by molar-refractivity contribution is -0.129. The Labute approximate surface area is 149 Å². The number of carbonyl (C=O) groups is 2. The second-order valence-electron chi connectivity index (χ2n) is 6.20. The van der Waals surface area contributed by atoms with E-state index in [1.54, 1.807) is 17.0 Å². The van der Waals surface area contributed by atoms with Gasteiger partial charge in [-0.05, 0) is 36.6 Å². The first-order valence-electron chi connectivity index (χ1n) is 8.41. The van der Waals surface area contributed by atoms with E-state index in [4.69, 9.17) is 0 Å². The van der Waals surface area contributed by atoms with Crippen molar-refractivity contribution in [2.45, 2.75) is 25.3 Å². The van der Waals surface area contributed by atoms with Crippen molar-refractivity contribution in [2.75, 3.05) is 13.1 Å². The maximum absolute atomic E-state index is 13.5. The van der Waals surface area contributed by atoms with Gasteiger partial charge in [-0.3, -0.25) is 14.4 Å². The number of aromatic nitrogens is 2. The molecule has 0 bridgehead atoms. The molecule has 136 valence electrons. The van der Waals surface area contributed by atoms with Crippen LogP contribution in [0.1, 0.15) is 28.9 Å². The number of hydrogen-bond donors (Lipinski definition) is 2. The van der Waals surface area contributed by atoms with Crippen LogP contribution in [0, 0.1) is 5.82 Å².